The van der Waals surface area contributed by atoms with Gasteiger partial charge in [0.15, 0.2) is 0 Å². The van der Waals surface area contributed by atoms with Crippen molar-refractivity contribution in [2.24, 2.45) is 0 Å². The summed E-state index contributed by atoms with van der Waals surface area (Å²) in [5.74, 6) is 0. The molecule has 1 nitrogen and oxygen atoms in total. The predicted octanol–water partition coefficient (Wildman–Crippen LogP) is 2.90. The topological polar surface area (TPSA) is 12.9 Å². The highest BCUT2D eigenvalue weighted by Gasteiger charge is 1.84. The summed E-state index contributed by atoms with van der Waals surface area (Å²) >= 11 is 0. The molecule has 1 aromatic heterocycles. The SMILES string of the molecule is C=C/C(C)=c1/cccnc1=C.CC.CC. The highest BCUT2D eigenvalue weighted by molar-refractivity contribution is 5.52. The molecule has 0 aliphatic heterocycles. The second-order valence-electron chi connectivity index (χ2n) is 2.38. The Morgan fingerprint density at radius 2 is 1.80 bits per heavy atom. The van der Waals surface area contributed by atoms with Crippen LogP contribution in [-0.4, -0.2) is 4.98 Å². The minimum atomic E-state index is 0.810. The molecule has 0 fully saturated rings. The molecule has 0 unspecified atom stereocenters. The molecule has 0 amide bonds. The van der Waals surface area contributed by atoms with Gasteiger partial charge < -0.3 is 0 Å². The van der Waals surface area contributed by atoms with Crippen LogP contribution in [0, 0.1) is 0 Å². The van der Waals surface area contributed by atoms with E-state index in [1.54, 1.807) is 6.20 Å². The van der Waals surface area contributed by atoms with Crippen molar-refractivity contribution in [2.45, 2.75) is 34.6 Å². The van der Waals surface area contributed by atoms with E-state index in [2.05, 4.69) is 18.1 Å². The molecule has 1 rings (SSSR count). The minimum absolute atomic E-state index is 0.810. The standard InChI is InChI=1S/C10H11N.2C2H6/c1-4-8(2)10-6-5-7-11-9(10)3;2*1-2/h4-7H,1,3H2,2H3;2*1-2H3/b10-8-;;. The van der Waals surface area contributed by atoms with Crippen molar-refractivity contribution in [1.29, 1.82) is 0 Å². The average molecular weight is 205 g/mol. The number of allylic oxidation sites excluding steroid dienone is 1. The summed E-state index contributed by atoms with van der Waals surface area (Å²) in [5.41, 5.74) is 1.11. The van der Waals surface area contributed by atoms with Crippen LogP contribution in [0.4, 0.5) is 0 Å². The Balaban J connectivity index is 0. The maximum absolute atomic E-state index is 4.07. The van der Waals surface area contributed by atoms with Gasteiger partial charge in [0, 0.05) is 11.4 Å². The Morgan fingerprint density at radius 3 is 2.20 bits per heavy atom. The summed E-state index contributed by atoms with van der Waals surface area (Å²) in [6.45, 7) is 17.5. The lowest BCUT2D eigenvalue weighted by molar-refractivity contribution is 1.22. The van der Waals surface area contributed by atoms with Crippen LogP contribution in [0.5, 0.6) is 0 Å². The normalized spacial score (nSPS) is 9.93. The molecule has 0 bridgehead atoms. The van der Waals surface area contributed by atoms with Gasteiger partial charge in [-0.05, 0) is 18.6 Å². The Morgan fingerprint density at radius 1 is 1.27 bits per heavy atom. The van der Waals surface area contributed by atoms with Gasteiger partial charge in [0.2, 0.25) is 0 Å². The van der Waals surface area contributed by atoms with Crippen LogP contribution in [0.3, 0.4) is 0 Å². The summed E-state index contributed by atoms with van der Waals surface area (Å²) in [6.07, 6.45) is 3.55. The van der Waals surface area contributed by atoms with Crippen molar-refractivity contribution in [1.82, 2.24) is 4.98 Å². The number of hydrogen-bond donors (Lipinski definition) is 0. The summed E-state index contributed by atoms with van der Waals surface area (Å²) in [6, 6.07) is 3.89. The monoisotopic (exact) mass is 205 g/mol. The predicted molar refractivity (Wildman–Crippen MR) is 71.0 cm³/mol. The van der Waals surface area contributed by atoms with E-state index in [1.807, 2.05) is 52.8 Å². The number of nitrogens with zero attached hydrogens (tertiary/aromatic N) is 1. The summed E-state index contributed by atoms with van der Waals surface area (Å²) < 4.78 is 0. The van der Waals surface area contributed by atoms with Gasteiger partial charge >= 0.3 is 0 Å². The third kappa shape index (κ3) is 5.84. The van der Waals surface area contributed by atoms with Crippen molar-refractivity contribution in [3.8, 4) is 0 Å². The van der Waals surface area contributed by atoms with E-state index in [-0.39, 0.29) is 0 Å². The van der Waals surface area contributed by atoms with Gasteiger partial charge in [0.1, 0.15) is 0 Å². The van der Waals surface area contributed by atoms with Crippen LogP contribution in [0.2, 0.25) is 0 Å². The fourth-order valence-corrected chi connectivity index (χ4v) is 0.907. The first-order valence-corrected chi connectivity index (χ1v) is 5.49. The Labute approximate surface area is 93.9 Å². The second kappa shape index (κ2) is 10.7. The molecule has 0 radical (unpaired) electrons. The average Bonchev–Trinajstić information content (AvgIpc) is 2.34. The molecular weight excluding hydrogens is 182 g/mol. The maximum atomic E-state index is 4.07. The molecule has 15 heavy (non-hydrogen) atoms. The number of aromatic nitrogens is 1. The lowest BCUT2D eigenvalue weighted by atomic mass is 10.2. The van der Waals surface area contributed by atoms with Crippen LogP contribution >= 0.6 is 0 Å². The van der Waals surface area contributed by atoms with Gasteiger partial charge in [-0.25, -0.2) is 0 Å². The van der Waals surface area contributed by atoms with Crippen LogP contribution in [-0.2, 0) is 0 Å². The van der Waals surface area contributed by atoms with Gasteiger partial charge in [-0.3, -0.25) is 4.98 Å². The largest absolute Gasteiger partial charge is 0.257 e. The quantitative estimate of drug-likeness (QED) is 0.687. The van der Waals surface area contributed by atoms with Gasteiger partial charge in [0.25, 0.3) is 0 Å². The fourth-order valence-electron chi connectivity index (χ4n) is 0.907. The maximum Gasteiger partial charge on any atom is 0.0632 e. The summed E-state index contributed by atoms with van der Waals surface area (Å²) in [5, 5.41) is 1.88. The van der Waals surface area contributed by atoms with Gasteiger partial charge in [-0.1, -0.05) is 53.0 Å². The second-order valence-corrected chi connectivity index (χ2v) is 2.38. The molecular formula is C14H23N. The molecule has 0 aliphatic carbocycles. The molecule has 1 heteroatoms. The lowest BCUT2D eigenvalue weighted by Gasteiger charge is -1.90. The zero-order chi connectivity index (χ0) is 12.3. The smallest absolute Gasteiger partial charge is 0.0632 e. The molecule has 0 atom stereocenters. The zero-order valence-electron chi connectivity index (χ0n) is 10.7. The molecule has 0 saturated heterocycles. The molecule has 0 spiro atoms. The summed E-state index contributed by atoms with van der Waals surface area (Å²) in [4.78, 5) is 4.07. The van der Waals surface area contributed by atoms with E-state index >= 15 is 0 Å². The number of pyridine rings is 1. The first kappa shape index (κ1) is 16.1. The number of rotatable bonds is 1. The van der Waals surface area contributed by atoms with Crippen LogP contribution in [0.15, 0.2) is 31.0 Å². The highest BCUT2D eigenvalue weighted by Crippen LogP contribution is 1.86. The van der Waals surface area contributed by atoms with Gasteiger partial charge in [0.05, 0.1) is 5.35 Å². The Bertz CT molecular complexity index is 363. The van der Waals surface area contributed by atoms with E-state index in [1.165, 1.54) is 0 Å². The fraction of sp³-hybridized carbons (Fsp3) is 0.357. The molecule has 0 saturated carbocycles. The van der Waals surface area contributed by atoms with E-state index in [4.69, 9.17) is 0 Å². The van der Waals surface area contributed by atoms with Crippen molar-refractivity contribution >= 4 is 12.2 Å². The van der Waals surface area contributed by atoms with Crippen molar-refractivity contribution < 1.29 is 0 Å². The highest BCUT2D eigenvalue weighted by atomic mass is 14.6. The van der Waals surface area contributed by atoms with Crippen molar-refractivity contribution in [3.63, 3.8) is 0 Å². The molecule has 84 valence electrons. The van der Waals surface area contributed by atoms with Gasteiger partial charge in [-0.2, -0.15) is 0 Å². The van der Waals surface area contributed by atoms with Gasteiger partial charge in [-0.15, -0.1) is 0 Å². The van der Waals surface area contributed by atoms with E-state index in [9.17, 15) is 0 Å². The zero-order valence-corrected chi connectivity index (χ0v) is 10.7. The molecule has 0 aliphatic rings. The van der Waals surface area contributed by atoms with Crippen molar-refractivity contribution in [2.75, 3.05) is 0 Å². The van der Waals surface area contributed by atoms with E-state index < -0.39 is 0 Å². The van der Waals surface area contributed by atoms with E-state index in [0.717, 1.165) is 16.1 Å². The lowest BCUT2D eigenvalue weighted by Crippen LogP contribution is -2.27. The Kier molecular flexibility index (Phi) is 11.5. The Hall–Kier alpha value is -1.37. The number of hydrogen-bond acceptors (Lipinski definition) is 1. The third-order valence-corrected chi connectivity index (χ3v) is 1.62. The molecule has 0 aromatic carbocycles. The van der Waals surface area contributed by atoms with Crippen LogP contribution in [0.1, 0.15) is 34.6 Å². The van der Waals surface area contributed by atoms with E-state index in [0.29, 0.717) is 0 Å². The van der Waals surface area contributed by atoms with Crippen LogP contribution < -0.4 is 10.6 Å². The van der Waals surface area contributed by atoms with Crippen LogP contribution in [0.25, 0.3) is 12.2 Å². The molecule has 1 aromatic rings. The van der Waals surface area contributed by atoms with Crippen molar-refractivity contribution in [3.05, 3.63) is 41.6 Å². The minimum Gasteiger partial charge on any atom is -0.257 e. The first-order valence-electron chi connectivity index (χ1n) is 5.49. The molecule has 1 heterocycles. The molecule has 0 N–H and O–H groups in total. The third-order valence-electron chi connectivity index (χ3n) is 1.62. The first-order chi connectivity index (χ1) is 7.25. The summed E-state index contributed by atoms with van der Waals surface area (Å²) in [7, 11) is 0.